The molecule has 0 amide bonds. The molecule has 4 aromatic rings. The summed E-state index contributed by atoms with van der Waals surface area (Å²) in [5, 5.41) is 8.62. The normalized spacial score (nSPS) is 11.5. The van der Waals surface area contributed by atoms with Crippen molar-refractivity contribution in [1.82, 2.24) is 9.38 Å². The van der Waals surface area contributed by atoms with Crippen LogP contribution in [0, 0.1) is 19.7 Å². The number of nitrogens with zero attached hydrogens (tertiary/aromatic N) is 4. The first-order chi connectivity index (χ1) is 12.6. The van der Waals surface area contributed by atoms with Gasteiger partial charge in [-0.3, -0.25) is 4.40 Å². The topological polar surface area (TPSA) is 42.0 Å². The molecule has 128 valence electrons. The number of hydrogen-bond acceptors (Lipinski definition) is 3. The van der Waals surface area contributed by atoms with Gasteiger partial charge in [0.15, 0.2) is 5.82 Å². The van der Waals surface area contributed by atoms with Gasteiger partial charge in [-0.25, -0.2) is 9.37 Å². The Hall–Kier alpha value is -3.34. The summed E-state index contributed by atoms with van der Waals surface area (Å²) in [6, 6.07) is 18.1. The van der Waals surface area contributed by atoms with E-state index in [9.17, 15) is 4.39 Å². The van der Waals surface area contributed by atoms with Crippen molar-refractivity contribution >= 4 is 17.2 Å². The van der Waals surface area contributed by atoms with Crippen LogP contribution in [0.25, 0.3) is 16.9 Å². The molecule has 4 rings (SSSR count). The summed E-state index contributed by atoms with van der Waals surface area (Å²) >= 11 is 0. The largest absolute Gasteiger partial charge is 0.283 e. The van der Waals surface area contributed by atoms with Crippen LogP contribution < -0.4 is 0 Å². The first kappa shape index (κ1) is 16.1. The van der Waals surface area contributed by atoms with Crippen LogP contribution >= 0.6 is 0 Å². The number of pyridine rings is 1. The molecule has 0 spiro atoms. The van der Waals surface area contributed by atoms with Crippen molar-refractivity contribution in [2.75, 3.05) is 0 Å². The quantitative estimate of drug-likeness (QED) is 0.410. The fourth-order valence-corrected chi connectivity index (χ4v) is 2.98. The molecule has 0 atom stereocenters. The predicted octanol–water partition coefficient (Wildman–Crippen LogP) is 6.17. The van der Waals surface area contributed by atoms with E-state index in [2.05, 4.69) is 36.2 Å². The fourth-order valence-electron chi connectivity index (χ4n) is 2.98. The smallest absolute Gasteiger partial charge is 0.187 e. The van der Waals surface area contributed by atoms with Crippen molar-refractivity contribution < 1.29 is 4.39 Å². The fraction of sp³-hybridized carbons (Fsp3) is 0.0952. The molecule has 0 radical (unpaired) electrons. The van der Waals surface area contributed by atoms with Gasteiger partial charge in [-0.15, -0.1) is 10.2 Å². The third-order valence-corrected chi connectivity index (χ3v) is 4.21. The van der Waals surface area contributed by atoms with E-state index in [1.807, 2.05) is 34.9 Å². The Balaban J connectivity index is 1.89. The van der Waals surface area contributed by atoms with Crippen molar-refractivity contribution in [3.8, 4) is 11.3 Å². The molecule has 0 saturated carbocycles. The van der Waals surface area contributed by atoms with Crippen LogP contribution in [0.4, 0.5) is 15.9 Å². The average Bonchev–Trinajstić information content (AvgIpc) is 2.98. The lowest BCUT2D eigenvalue weighted by atomic mass is 10.0. The SMILES string of the molecule is Cc1ccc(-c2nc3ccccn3c2N=Nc2cccc(F)c2)c(C)c1. The Kier molecular flexibility index (Phi) is 4.05. The number of benzene rings is 2. The predicted molar refractivity (Wildman–Crippen MR) is 101 cm³/mol. The van der Waals surface area contributed by atoms with Crippen molar-refractivity contribution in [2.24, 2.45) is 10.2 Å². The monoisotopic (exact) mass is 344 g/mol. The zero-order chi connectivity index (χ0) is 18.1. The number of azo groups is 1. The molecule has 2 aromatic carbocycles. The van der Waals surface area contributed by atoms with Gasteiger partial charge in [0, 0.05) is 17.8 Å². The van der Waals surface area contributed by atoms with Crippen molar-refractivity contribution in [3.05, 3.63) is 83.8 Å². The van der Waals surface area contributed by atoms with Crippen LogP contribution in [0.1, 0.15) is 11.1 Å². The minimum Gasteiger partial charge on any atom is -0.283 e. The molecule has 0 bridgehead atoms. The standard InChI is InChI=1S/C21H17FN4/c1-14-9-10-18(15(2)12-14)20-21(26-11-4-3-8-19(26)23-20)25-24-17-7-5-6-16(22)13-17/h3-13H,1-2H3. The Bertz CT molecular complexity index is 1130. The van der Waals surface area contributed by atoms with E-state index in [0.29, 0.717) is 11.5 Å². The highest BCUT2D eigenvalue weighted by Gasteiger charge is 2.15. The van der Waals surface area contributed by atoms with E-state index < -0.39 is 0 Å². The Labute approximate surface area is 150 Å². The second-order valence-electron chi connectivity index (χ2n) is 6.21. The van der Waals surface area contributed by atoms with Gasteiger partial charge in [0.1, 0.15) is 17.2 Å². The summed E-state index contributed by atoms with van der Waals surface area (Å²) in [7, 11) is 0. The van der Waals surface area contributed by atoms with Crippen molar-refractivity contribution in [1.29, 1.82) is 0 Å². The van der Waals surface area contributed by atoms with E-state index in [1.54, 1.807) is 12.1 Å². The second-order valence-corrected chi connectivity index (χ2v) is 6.21. The first-order valence-corrected chi connectivity index (χ1v) is 8.34. The molecule has 26 heavy (non-hydrogen) atoms. The van der Waals surface area contributed by atoms with Crippen LogP contribution in [0.15, 0.2) is 77.1 Å². The van der Waals surface area contributed by atoms with Gasteiger partial charge in [0.25, 0.3) is 0 Å². The maximum Gasteiger partial charge on any atom is 0.187 e. The molecule has 2 heterocycles. The molecular formula is C21H17FN4. The molecular weight excluding hydrogens is 327 g/mol. The van der Waals surface area contributed by atoms with Gasteiger partial charge in [0.05, 0.1) is 5.69 Å². The number of imidazole rings is 1. The van der Waals surface area contributed by atoms with Crippen LogP contribution in [0.2, 0.25) is 0 Å². The lowest BCUT2D eigenvalue weighted by molar-refractivity contribution is 0.628. The number of aromatic nitrogens is 2. The zero-order valence-electron chi connectivity index (χ0n) is 14.5. The molecule has 0 unspecified atom stereocenters. The third-order valence-electron chi connectivity index (χ3n) is 4.21. The lowest BCUT2D eigenvalue weighted by Gasteiger charge is -2.05. The van der Waals surface area contributed by atoms with E-state index in [1.165, 1.54) is 17.7 Å². The summed E-state index contributed by atoms with van der Waals surface area (Å²) in [6.07, 6.45) is 1.90. The maximum atomic E-state index is 13.4. The van der Waals surface area contributed by atoms with Crippen molar-refractivity contribution in [2.45, 2.75) is 13.8 Å². The summed E-state index contributed by atoms with van der Waals surface area (Å²) in [6.45, 7) is 4.12. The number of hydrogen-bond donors (Lipinski definition) is 0. The highest BCUT2D eigenvalue weighted by Crippen LogP contribution is 2.34. The van der Waals surface area contributed by atoms with Gasteiger partial charge in [-0.2, -0.15) is 0 Å². The lowest BCUT2D eigenvalue weighted by Crippen LogP contribution is -1.86. The van der Waals surface area contributed by atoms with E-state index in [4.69, 9.17) is 4.98 Å². The summed E-state index contributed by atoms with van der Waals surface area (Å²) in [4.78, 5) is 4.74. The molecule has 0 fully saturated rings. The molecule has 0 aliphatic rings. The summed E-state index contributed by atoms with van der Waals surface area (Å²) < 4.78 is 15.3. The van der Waals surface area contributed by atoms with Gasteiger partial charge >= 0.3 is 0 Å². The first-order valence-electron chi connectivity index (χ1n) is 8.34. The van der Waals surface area contributed by atoms with Crippen LogP contribution in [-0.2, 0) is 0 Å². The Morgan fingerprint density at radius 3 is 2.62 bits per heavy atom. The number of halogens is 1. The molecule has 5 heteroatoms. The van der Waals surface area contributed by atoms with Crippen LogP contribution in [0.5, 0.6) is 0 Å². The minimum absolute atomic E-state index is 0.339. The molecule has 4 nitrogen and oxygen atoms in total. The number of aryl methyl sites for hydroxylation is 2. The van der Waals surface area contributed by atoms with Gasteiger partial charge in [-0.05, 0) is 43.7 Å². The highest BCUT2D eigenvalue weighted by molar-refractivity contribution is 5.76. The molecule has 0 aliphatic heterocycles. The zero-order valence-corrected chi connectivity index (χ0v) is 14.5. The van der Waals surface area contributed by atoms with Gasteiger partial charge in [0.2, 0.25) is 0 Å². The summed E-state index contributed by atoms with van der Waals surface area (Å²) in [5.74, 6) is 0.283. The number of fused-ring (bicyclic) bond motifs is 1. The van der Waals surface area contributed by atoms with E-state index >= 15 is 0 Å². The molecule has 0 aliphatic carbocycles. The highest BCUT2D eigenvalue weighted by atomic mass is 19.1. The average molecular weight is 344 g/mol. The third kappa shape index (κ3) is 2.99. The van der Waals surface area contributed by atoms with E-state index in [0.717, 1.165) is 22.5 Å². The Morgan fingerprint density at radius 1 is 0.923 bits per heavy atom. The minimum atomic E-state index is -0.339. The molecule has 0 N–H and O–H groups in total. The van der Waals surface area contributed by atoms with Crippen molar-refractivity contribution in [3.63, 3.8) is 0 Å². The van der Waals surface area contributed by atoms with Gasteiger partial charge in [-0.1, -0.05) is 35.9 Å². The summed E-state index contributed by atoms with van der Waals surface area (Å²) in [5.41, 5.74) is 5.33. The Morgan fingerprint density at radius 2 is 1.81 bits per heavy atom. The van der Waals surface area contributed by atoms with Crippen LogP contribution in [0.3, 0.4) is 0 Å². The number of rotatable bonds is 3. The van der Waals surface area contributed by atoms with E-state index in [-0.39, 0.29) is 5.82 Å². The van der Waals surface area contributed by atoms with Gasteiger partial charge < -0.3 is 0 Å². The molecule has 0 saturated heterocycles. The van der Waals surface area contributed by atoms with Crippen LogP contribution in [-0.4, -0.2) is 9.38 Å². The maximum absolute atomic E-state index is 13.4. The second kappa shape index (κ2) is 6.52. The molecule has 2 aromatic heterocycles.